The first-order valence-electron chi connectivity index (χ1n) is 5.73. The molecule has 1 heterocycles. The maximum Gasteiger partial charge on any atom is 0.305 e. The minimum atomic E-state index is -0.190. The second-order valence-corrected chi connectivity index (χ2v) is 3.76. The Morgan fingerprint density at radius 3 is 3.12 bits per heavy atom. The molecule has 0 saturated carbocycles. The largest absolute Gasteiger partial charge is 0.468 e. The van der Waals surface area contributed by atoms with Crippen LogP contribution >= 0.6 is 0 Å². The number of hydrazine groups is 2. The molecular weight excluding hydrogens is 226 g/mol. The Morgan fingerprint density at radius 2 is 2.41 bits per heavy atom. The third-order valence-corrected chi connectivity index (χ3v) is 2.36. The van der Waals surface area contributed by atoms with Crippen molar-refractivity contribution in [1.82, 2.24) is 16.0 Å². The highest BCUT2D eigenvalue weighted by Gasteiger charge is 2.22. The van der Waals surface area contributed by atoms with Crippen LogP contribution in [0.3, 0.4) is 0 Å². The Hall–Kier alpha value is -1.18. The number of rotatable bonds is 8. The van der Waals surface area contributed by atoms with Crippen LogP contribution in [-0.4, -0.2) is 49.8 Å². The molecule has 1 rings (SSSR count). The summed E-state index contributed by atoms with van der Waals surface area (Å²) in [6, 6.07) is 0.0949. The number of hydrogen-bond acceptors (Lipinski definition) is 7. The Balaban J connectivity index is 2.06. The van der Waals surface area contributed by atoms with E-state index >= 15 is 0 Å². The zero-order valence-electron chi connectivity index (χ0n) is 9.98. The summed E-state index contributed by atoms with van der Waals surface area (Å²) in [6.07, 6.45) is 1.15. The molecule has 1 fully saturated rings. The molecule has 0 bridgehead atoms. The van der Waals surface area contributed by atoms with Crippen molar-refractivity contribution in [3.05, 3.63) is 0 Å². The highest BCUT2D eigenvalue weighted by Crippen LogP contribution is 1.99. The predicted molar refractivity (Wildman–Crippen MR) is 59.5 cm³/mol. The van der Waals surface area contributed by atoms with Gasteiger partial charge in [-0.25, -0.2) is 10.4 Å². The van der Waals surface area contributed by atoms with E-state index < -0.39 is 0 Å². The molecule has 0 spiro atoms. The second-order valence-electron chi connectivity index (χ2n) is 3.76. The highest BCUT2D eigenvalue weighted by molar-refractivity contribution is 5.68. The van der Waals surface area contributed by atoms with Crippen LogP contribution in [0, 0.1) is 0 Å². The van der Waals surface area contributed by atoms with Crippen LogP contribution in [0.2, 0.25) is 0 Å². The average Bonchev–Trinajstić information content (AvgIpc) is 2.79. The number of ether oxygens (including phenoxy) is 2. The number of carbonyl (C=O) groups excluding carboxylic acids is 2. The zero-order chi connectivity index (χ0) is 12.5. The van der Waals surface area contributed by atoms with E-state index in [2.05, 4.69) is 15.7 Å². The van der Waals surface area contributed by atoms with Crippen molar-refractivity contribution < 1.29 is 19.1 Å². The van der Waals surface area contributed by atoms with Crippen LogP contribution in [0.5, 0.6) is 0 Å². The lowest BCUT2D eigenvalue weighted by atomic mass is 10.3. The van der Waals surface area contributed by atoms with Gasteiger partial charge in [0.15, 0.2) is 0 Å². The normalized spacial score (nSPS) is 20.2. The Morgan fingerprint density at radius 1 is 1.59 bits per heavy atom. The van der Waals surface area contributed by atoms with Gasteiger partial charge in [-0.05, 0) is 6.42 Å². The monoisotopic (exact) mass is 245 g/mol. The molecule has 1 aliphatic heterocycles. The summed E-state index contributed by atoms with van der Waals surface area (Å²) in [5.41, 5.74) is 5.99. The van der Waals surface area contributed by atoms with E-state index in [0.717, 1.165) is 19.5 Å². The van der Waals surface area contributed by atoms with Crippen LogP contribution in [0.25, 0.3) is 0 Å². The van der Waals surface area contributed by atoms with Crippen molar-refractivity contribution in [2.75, 3.05) is 26.3 Å². The van der Waals surface area contributed by atoms with Gasteiger partial charge in [0.05, 0.1) is 12.6 Å². The van der Waals surface area contributed by atoms with E-state index in [0.29, 0.717) is 26.1 Å². The summed E-state index contributed by atoms with van der Waals surface area (Å²) in [4.78, 5) is 20.9. The van der Waals surface area contributed by atoms with Crippen molar-refractivity contribution in [3.8, 4) is 0 Å². The van der Waals surface area contributed by atoms with Gasteiger partial charge in [0.1, 0.15) is 6.61 Å². The van der Waals surface area contributed by atoms with Crippen LogP contribution in [0.1, 0.15) is 19.8 Å². The summed E-state index contributed by atoms with van der Waals surface area (Å²) < 4.78 is 9.62. The first-order chi connectivity index (χ1) is 8.26. The van der Waals surface area contributed by atoms with Crippen LogP contribution in [0.15, 0.2) is 0 Å². The molecule has 0 radical (unpaired) electrons. The molecule has 1 unspecified atom stereocenters. The molecule has 0 aliphatic carbocycles. The van der Waals surface area contributed by atoms with E-state index in [1.54, 1.807) is 6.92 Å². The number of carbonyl (C=O) groups is 2. The van der Waals surface area contributed by atoms with Gasteiger partial charge in [-0.3, -0.25) is 9.59 Å². The predicted octanol–water partition coefficient (Wildman–Crippen LogP) is -0.804. The average molecular weight is 245 g/mol. The standard InChI is InChI=1S/C10H19N3O4/c1-2-10(15)17-7-9-6-13(12-11-9)4-3-5-16-8-14/h8-9,11-12H,2-7H2,1H3. The van der Waals surface area contributed by atoms with Crippen molar-refractivity contribution >= 4 is 12.4 Å². The van der Waals surface area contributed by atoms with Gasteiger partial charge in [0, 0.05) is 19.5 Å². The minimum absolute atomic E-state index is 0.0949. The van der Waals surface area contributed by atoms with Crippen LogP contribution in [-0.2, 0) is 19.1 Å². The minimum Gasteiger partial charge on any atom is -0.468 e. The van der Waals surface area contributed by atoms with Gasteiger partial charge < -0.3 is 9.47 Å². The van der Waals surface area contributed by atoms with Crippen molar-refractivity contribution in [3.63, 3.8) is 0 Å². The Bertz CT molecular complexity index is 250. The molecular formula is C10H19N3O4. The lowest BCUT2D eigenvalue weighted by molar-refractivity contribution is -0.143. The number of nitrogens with zero attached hydrogens (tertiary/aromatic N) is 1. The van der Waals surface area contributed by atoms with E-state index in [9.17, 15) is 9.59 Å². The smallest absolute Gasteiger partial charge is 0.305 e. The van der Waals surface area contributed by atoms with E-state index in [1.807, 2.05) is 5.01 Å². The first-order valence-corrected chi connectivity index (χ1v) is 5.73. The fourth-order valence-corrected chi connectivity index (χ4v) is 1.46. The van der Waals surface area contributed by atoms with Gasteiger partial charge in [0.25, 0.3) is 6.47 Å². The molecule has 0 amide bonds. The van der Waals surface area contributed by atoms with Crippen LogP contribution in [0.4, 0.5) is 0 Å². The molecule has 98 valence electrons. The van der Waals surface area contributed by atoms with Crippen molar-refractivity contribution in [2.24, 2.45) is 0 Å². The first kappa shape index (κ1) is 13.9. The molecule has 7 nitrogen and oxygen atoms in total. The molecule has 1 aliphatic rings. The summed E-state index contributed by atoms with van der Waals surface area (Å²) in [6.45, 7) is 4.50. The SMILES string of the molecule is CCC(=O)OCC1CN(CCCOC=O)NN1. The van der Waals surface area contributed by atoms with Crippen molar-refractivity contribution in [2.45, 2.75) is 25.8 Å². The van der Waals surface area contributed by atoms with E-state index in [-0.39, 0.29) is 12.0 Å². The fourth-order valence-electron chi connectivity index (χ4n) is 1.46. The molecule has 0 aromatic carbocycles. The van der Waals surface area contributed by atoms with E-state index in [1.165, 1.54) is 0 Å². The number of esters is 1. The summed E-state index contributed by atoms with van der Waals surface area (Å²) in [5, 5.41) is 1.96. The molecule has 0 aromatic rings. The topological polar surface area (TPSA) is 79.9 Å². The molecule has 0 aromatic heterocycles. The zero-order valence-corrected chi connectivity index (χ0v) is 9.98. The lowest BCUT2D eigenvalue weighted by Crippen LogP contribution is -2.38. The second kappa shape index (κ2) is 7.99. The lowest BCUT2D eigenvalue weighted by Gasteiger charge is -2.13. The maximum atomic E-state index is 11.0. The van der Waals surface area contributed by atoms with Gasteiger partial charge in [-0.2, -0.15) is 5.53 Å². The number of nitrogens with one attached hydrogen (secondary N) is 2. The summed E-state index contributed by atoms with van der Waals surface area (Å²) in [5.74, 6) is -0.190. The third kappa shape index (κ3) is 5.62. The Kier molecular flexibility index (Phi) is 6.53. The maximum absolute atomic E-state index is 11.0. The fraction of sp³-hybridized carbons (Fsp3) is 0.800. The third-order valence-electron chi connectivity index (χ3n) is 2.36. The quantitative estimate of drug-likeness (QED) is 0.329. The summed E-state index contributed by atoms with van der Waals surface area (Å²) >= 11 is 0. The van der Waals surface area contributed by atoms with Crippen molar-refractivity contribution in [1.29, 1.82) is 0 Å². The summed E-state index contributed by atoms with van der Waals surface area (Å²) in [7, 11) is 0. The molecule has 1 saturated heterocycles. The number of hydrogen-bond donors (Lipinski definition) is 2. The van der Waals surface area contributed by atoms with E-state index in [4.69, 9.17) is 4.74 Å². The van der Waals surface area contributed by atoms with Gasteiger partial charge in [-0.15, -0.1) is 0 Å². The van der Waals surface area contributed by atoms with Crippen LogP contribution < -0.4 is 11.0 Å². The Labute approximate surface area is 100 Å². The van der Waals surface area contributed by atoms with Gasteiger partial charge in [0.2, 0.25) is 0 Å². The molecule has 2 N–H and O–H groups in total. The van der Waals surface area contributed by atoms with Gasteiger partial charge in [-0.1, -0.05) is 6.92 Å². The molecule has 7 heteroatoms. The van der Waals surface area contributed by atoms with Gasteiger partial charge >= 0.3 is 5.97 Å². The molecule has 17 heavy (non-hydrogen) atoms. The molecule has 1 atom stereocenters. The highest BCUT2D eigenvalue weighted by atomic mass is 16.5.